The zero-order valence-electron chi connectivity index (χ0n) is 19.0. The zero-order valence-corrected chi connectivity index (χ0v) is 20.6. The highest BCUT2D eigenvalue weighted by Crippen LogP contribution is 2.34. The van der Waals surface area contributed by atoms with Crippen LogP contribution in [0.25, 0.3) is 0 Å². The van der Waals surface area contributed by atoms with Crippen molar-refractivity contribution >= 4 is 27.2 Å². The molecule has 34 heavy (non-hydrogen) atoms. The second-order valence-corrected chi connectivity index (χ2v) is 10.3. The lowest BCUT2D eigenvalue weighted by Crippen LogP contribution is -2.11. The van der Waals surface area contributed by atoms with E-state index < -0.39 is 27.4 Å². The Hall–Kier alpha value is -2.85. The Morgan fingerprint density at radius 1 is 1.18 bits per heavy atom. The summed E-state index contributed by atoms with van der Waals surface area (Å²) in [5, 5.41) is 4.20. The standard InChI is InChI=1S/C23H22ClF3N2O4S/c1-12-9-17(19(24)13(2)21(12)34(5,31)32)20(30)18-14(3)28-29(4)22(18)33-11-15-7-6-8-16(10-15)23(25,26)27/h6-10H,11H2,1-5H3. The lowest BCUT2D eigenvalue weighted by molar-refractivity contribution is -0.137. The lowest BCUT2D eigenvalue weighted by Gasteiger charge is -2.15. The number of nitrogens with zero attached hydrogens (tertiary/aromatic N) is 2. The first-order valence-corrected chi connectivity index (χ1v) is 12.3. The molecule has 0 fully saturated rings. The van der Waals surface area contributed by atoms with Crippen molar-refractivity contribution in [3.05, 3.63) is 74.4 Å². The number of aryl methyl sites for hydroxylation is 3. The number of carbonyl (C=O) groups excluding carboxylic acids is 1. The number of ketones is 1. The normalized spacial score (nSPS) is 12.1. The second kappa shape index (κ2) is 9.07. The minimum atomic E-state index is -4.50. The predicted octanol–water partition coefficient (Wildman–Crippen LogP) is 5.23. The molecule has 3 rings (SSSR count). The monoisotopic (exact) mass is 514 g/mol. The van der Waals surface area contributed by atoms with Crippen LogP contribution in [0.15, 0.2) is 35.2 Å². The number of benzene rings is 2. The van der Waals surface area contributed by atoms with Crippen LogP contribution in [0.2, 0.25) is 5.02 Å². The minimum absolute atomic E-state index is 0.0110. The second-order valence-electron chi connectivity index (χ2n) is 7.99. The van der Waals surface area contributed by atoms with Gasteiger partial charge in [0, 0.05) is 18.9 Å². The van der Waals surface area contributed by atoms with Crippen LogP contribution >= 0.6 is 11.6 Å². The molecular formula is C23H22ClF3N2O4S. The molecule has 0 saturated carbocycles. The van der Waals surface area contributed by atoms with Crippen molar-refractivity contribution in [1.82, 2.24) is 9.78 Å². The fourth-order valence-electron chi connectivity index (χ4n) is 3.87. The molecule has 6 nitrogen and oxygen atoms in total. The molecule has 0 amide bonds. The Bertz CT molecular complexity index is 1400. The van der Waals surface area contributed by atoms with Crippen LogP contribution in [0.5, 0.6) is 5.88 Å². The van der Waals surface area contributed by atoms with Crippen molar-refractivity contribution < 1.29 is 31.1 Å². The average Bonchev–Trinajstić information content (AvgIpc) is 3.00. The summed E-state index contributed by atoms with van der Waals surface area (Å²) in [5.74, 6) is -0.487. The largest absolute Gasteiger partial charge is 0.472 e. The van der Waals surface area contributed by atoms with Crippen LogP contribution < -0.4 is 4.74 Å². The topological polar surface area (TPSA) is 78.3 Å². The number of sulfone groups is 1. The number of halogens is 4. The summed E-state index contributed by atoms with van der Waals surface area (Å²) in [7, 11) is -2.04. The molecule has 0 radical (unpaired) electrons. The summed E-state index contributed by atoms with van der Waals surface area (Å²) < 4.78 is 70.4. The Morgan fingerprint density at radius 2 is 1.82 bits per heavy atom. The van der Waals surface area contributed by atoms with Gasteiger partial charge in [0.15, 0.2) is 9.84 Å². The fourth-order valence-corrected chi connectivity index (χ4v) is 5.46. The first kappa shape index (κ1) is 25.8. The van der Waals surface area contributed by atoms with Gasteiger partial charge in [-0.05, 0) is 55.7 Å². The molecule has 11 heteroatoms. The van der Waals surface area contributed by atoms with Crippen LogP contribution in [0, 0.1) is 20.8 Å². The van der Waals surface area contributed by atoms with Gasteiger partial charge in [0.2, 0.25) is 11.7 Å². The molecule has 0 N–H and O–H groups in total. The molecule has 3 aromatic rings. The van der Waals surface area contributed by atoms with Crippen LogP contribution in [0.3, 0.4) is 0 Å². The number of hydrogen-bond donors (Lipinski definition) is 0. The molecule has 0 aliphatic heterocycles. The van der Waals surface area contributed by atoms with E-state index in [1.54, 1.807) is 13.8 Å². The third-order valence-corrected chi connectivity index (χ3v) is 7.12. The number of carbonyl (C=O) groups is 1. The van der Waals surface area contributed by atoms with Crippen molar-refractivity contribution in [2.24, 2.45) is 7.05 Å². The van der Waals surface area contributed by atoms with Crippen molar-refractivity contribution in [3.63, 3.8) is 0 Å². The summed E-state index contributed by atoms with van der Waals surface area (Å²) in [5.41, 5.74) is 0.543. The van der Waals surface area contributed by atoms with Gasteiger partial charge < -0.3 is 4.74 Å². The zero-order chi connectivity index (χ0) is 25.6. The Balaban J connectivity index is 2.02. The van der Waals surface area contributed by atoms with E-state index in [-0.39, 0.29) is 44.7 Å². The highest BCUT2D eigenvalue weighted by atomic mass is 35.5. The predicted molar refractivity (Wildman–Crippen MR) is 121 cm³/mol. The smallest absolute Gasteiger partial charge is 0.416 e. The van der Waals surface area contributed by atoms with Crippen LogP contribution in [-0.4, -0.2) is 30.2 Å². The van der Waals surface area contributed by atoms with Crippen LogP contribution in [0.4, 0.5) is 13.2 Å². The van der Waals surface area contributed by atoms with Crippen molar-refractivity contribution in [1.29, 1.82) is 0 Å². The molecule has 0 aliphatic carbocycles. The quantitative estimate of drug-likeness (QED) is 0.421. The van der Waals surface area contributed by atoms with Gasteiger partial charge >= 0.3 is 6.18 Å². The SMILES string of the molecule is Cc1cc(C(=O)c2c(C)nn(C)c2OCc2cccc(C(F)(F)F)c2)c(Cl)c(C)c1S(C)(=O)=O. The summed E-state index contributed by atoms with van der Waals surface area (Å²) in [6.45, 7) is 4.44. The number of hydrogen-bond acceptors (Lipinski definition) is 5. The molecule has 0 unspecified atom stereocenters. The van der Waals surface area contributed by atoms with E-state index in [1.807, 2.05) is 0 Å². The number of ether oxygens (including phenoxy) is 1. The van der Waals surface area contributed by atoms with Crippen LogP contribution in [-0.2, 0) is 29.7 Å². The third kappa shape index (κ3) is 4.97. The molecule has 182 valence electrons. The van der Waals surface area contributed by atoms with Gasteiger partial charge in [0.25, 0.3) is 0 Å². The molecule has 1 heterocycles. The number of alkyl halides is 3. The third-order valence-electron chi connectivity index (χ3n) is 5.27. The van der Waals surface area contributed by atoms with E-state index in [0.717, 1.165) is 18.4 Å². The number of rotatable bonds is 6. The summed E-state index contributed by atoms with van der Waals surface area (Å²) in [4.78, 5) is 13.5. The van der Waals surface area contributed by atoms with E-state index in [4.69, 9.17) is 16.3 Å². The molecule has 2 aromatic carbocycles. The molecule has 0 aliphatic rings. The van der Waals surface area contributed by atoms with Crippen LogP contribution in [0.1, 0.15) is 43.9 Å². The van der Waals surface area contributed by atoms with E-state index in [2.05, 4.69) is 5.10 Å². The van der Waals surface area contributed by atoms with Crippen molar-refractivity contribution in [2.45, 2.75) is 38.4 Å². The maximum atomic E-state index is 13.5. The molecule has 1 aromatic heterocycles. The van der Waals surface area contributed by atoms with Gasteiger partial charge in [-0.2, -0.15) is 18.3 Å². The van der Waals surface area contributed by atoms with Crippen molar-refractivity contribution in [2.75, 3.05) is 6.26 Å². The van der Waals surface area contributed by atoms with Gasteiger partial charge in [0.1, 0.15) is 12.2 Å². The first-order valence-electron chi connectivity index (χ1n) is 10.00. The van der Waals surface area contributed by atoms with E-state index in [9.17, 15) is 26.4 Å². The van der Waals surface area contributed by atoms with Crippen molar-refractivity contribution in [3.8, 4) is 5.88 Å². The highest BCUT2D eigenvalue weighted by Gasteiger charge is 2.31. The lowest BCUT2D eigenvalue weighted by atomic mass is 9.99. The molecule has 0 bridgehead atoms. The maximum Gasteiger partial charge on any atom is 0.416 e. The van der Waals surface area contributed by atoms with Gasteiger partial charge in [-0.1, -0.05) is 23.7 Å². The Kier molecular flexibility index (Phi) is 6.87. The fraction of sp³-hybridized carbons (Fsp3) is 0.304. The van der Waals surface area contributed by atoms with Gasteiger partial charge in [0.05, 0.1) is 21.2 Å². The van der Waals surface area contributed by atoms with Gasteiger partial charge in [-0.15, -0.1) is 0 Å². The van der Waals surface area contributed by atoms with Gasteiger partial charge in [-0.3, -0.25) is 4.79 Å². The van der Waals surface area contributed by atoms with E-state index in [1.165, 1.54) is 36.9 Å². The summed E-state index contributed by atoms with van der Waals surface area (Å²) in [6.07, 6.45) is -3.43. The molecule has 0 saturated heterocycles. The molecule has 0 spiro atoms. The molecule has 0 atom stereocenters. The Labute approximate surface area is 200 Å². The maximum absolute atomic E-state index is 13.5. The summed E-state index contributed by atoms with van der Waals surface area (Å²) in [6, 6.07) is 6.08. The Morgan fingerprint density at radius 3 is 2.41 bits per heavy atom. The minimum Gasteiger partial charge on any atom is -0.472 e. The van der Waals surface area contributed by atoms with E-state index >= 15 is 0 Å². The average molecular weight is 515 g/mol. The van der Waals surface area contributed by atoms with E-state index in [0.29, 0.717) is 11.3 Å². The van der Waals surface area contributed by atoms with Gasteiger partial charge in [-0.25, -0.2) is 13.1 Å². The number of aromatic nitrogens is 2. The summed E-state index contributed by atoms with van der Waals surface area (Å²) >= 11 is 6.41. The molecular weight excluding hydrogens is 493 g/mol. The highest BCUT2D eigenvalue weighted by molar-refractivity contribution is 7.90. The first-order chi connectivity index (χ1) is 15.6.